The third-order valence-electron chi connectivity index (χ3n) is 4.21. The summed E-state index contributed by atoms with van der Waals surface area (Å²) in [5.74, 6) is 0.899. The maximum Gasteiger partial charge on any atom is 0.170 e. The molecule has 0 amide bonds. The average molecular weight is 266 g/mol. The Labute approximate surface area is 114 Å². The zero-order valence-corrected chi connectivity index (χ0v) is 11.5. The van der Waals surface area contributed by atoms with Gasteiger partial charge in [-0.2, -0.15) is 0 Å². The predicted octanol–water partition coefficient (Wildman–Crippen LogP) is 3.68. The number of nitrogens with two attached hydrogens (primary N) is 1. The van der Waals surface area contributed by atoms with Crippen molar-refractivity contribution in [2.75, 3.05) is 6.54 Å². The Bertz CT molecular complexity index is 419. The van der Waals surface area contributed by atoms with E-state index < -0.39 is 0 Å². The first-order valence-electron chi connectivity index (χ1n) is 6.58. The van der Waals surface area contributed by atoms with E-state index in [4.69, 9.17) is 17.3 Å². The van der Waals surface area contributed by atoms with E-state index in [9.17, 15) is 4.79 Å². The van der Waals surface area contributed by atoms with Gasteiger partial charge in [0, 0.05) is 22.5 Å². The minimum Gasteiger partial charge on any atom is -0.329 e. The van der Waals surface area contributed by atoms with Crippen LogP contribution in [0.3, 0.4) is 0 Å². The fourth-order valence-corrected chi connectivity index (χ4v) is 2.87. The summed E-state index contributed by atoms with van der Waals surface area (Å²) in [5.41, 5.74) is 6.29. The van der Waals surface area contributed by atoms with Crippen molar-refractivity contribution in [1.82, 2.24) is 0 Å². The summed E-state index contributed by atoms with van der Waals surface area (Å²) in [6.07, 6.45) is 4.01. The molecule has 0 radical (unpaired) electrons. The molecule has 2 rings (SSSR count). The first-order valence-corrected chi connectivity index (χ1v) is 6.96. The quantitative estimate of drug-likeness (QED) is 0.848. The van der Waals surface area contributed by atoms with Gasteiger partial charge in [0.15, 0.2) is 5.78 Å². The molecule has 0 saturated heterocycles. The standard InChI is InChI=1S/C15H20ClNO/c1-11-6-8-15(10-17,9-7-11)14(18)12-2-4-13(16)5-3-12/h2-5,11H,6-10,17H2,1H3. The van der Waals surface area contributed by atoms with Crippen LogP contribution in [0.4, 0.5) is 0 Å². The van der Waals surface area contributed by atoms with Crippen LogP contribution in [0.2, 0.25) is 5.02 Å². The number of halogens is 1. The lowest BCUT2D eigenvalue weighted by molar-refractivity contribution is 0.0695. The van der Waals surface area contributed by atoms with Gasteiger partial charge in [0.05, 0.1) is 0 Å². The Balaban J connectivity index is 2.22. The summed E-state index contributed by atoms with van der Waals surface area (Å²) < 4.78 is 0. The SMILES string of the molecule is CC1CCC(CN)(C(=O)c2ccc(Cl)cc2)CC1. The molecule has 1 saturated carbocycles. The molecule has 18 heavy (non-hydrogen) atoms. The highest BCUT2D eigenvalue weighted by Crippen LogP contribution is 2.40. The molecule has 2 nitrogen and oxygen atoms in total. The van der Waals surface area contributed by atoms with Crippen molar-refractivity contribution in [2.24, 2.45) is 17.1 Å². The Morgan fingerprint density at radius 1 is 1.33 bits per heavy atom. The van der Waals surface area contributed by atoms with Gasteiger partial charge in [-0.15, -0.1) is 0 Å². The van der Waals surface area contributed by atoms with E-state index in [1.807, 2.05) is 0 Å². The third-order valence-corrected chi connectivity index (χ3v) is 4.46. The van der Waals surface area contributed by atoms with Gasteiger partial charge in [0.1, 0.15) is 0 Å². The summed E-state index contributed by atoms with van der Waals surface area (Å²) in [7, 11) is 0. The smallest absolute Gasteiger partial charge is 0.170 e. The second kappa shape index (κ2) is 5.41. The van der Waals surface area contributed by atoms with Gasteiger partial charge >= 0.3 is 0 Å². The van der Waals surface area contributed by atoms with Crippen molar-refractivity contribution in [3.05, 3.63) is 34.9 Å². The van der Waals surface area contributed by atoms with E-state index in [-0.39, 0.29) is 11.2 Å². The average Bonchev–Trinajstić information content (AvgIpc) is 2.40. The lowest BCUT2D eigenvalue weighted by atomic mass is 9.67. The number of Topliss-reactive ketones (excluding diaryl/α,β-unsaturated/α-hetero) is 1. The highest BCUT2D eigenvalue weighted by molar-refractivity contribution is 6.30. The van der Waals surface area contributed by atoms with Crippen LogP contribution in [-0.4, -0.2) is 12.3 Å². The molecule has 1 aromatic rings. The number of benzene rings is 1. The molecule has 98 valence electrons. The third kappa shape index (κ3) is 2.60. The minimum absolute atomic E-state index is 0.188. The summed E-state index contributed by atoms with van der Waals surface area (Å²) >= 11 is 5.85. The lowest BCUT2D eigenvalue weighted by Gasteiger charge is -2.37. The number of rotatable bonds is 3. The topological polar surface area (TPSA) is 43.1 Å². The Morgan fingerprint density at radius 3 is 2.39 bits per heavy atom. The van der Waals surface area contributed by atoms with E-state index in [1.165, 1.54) is 0 Å². The Hall–Kier alpha value is -0.860. The maximum absolute atomic E-state index is 12.6. The van der Waals surface area contributed by atoms with Crippen LogP contribution in [0.5, 0.6) is 0 Å². The van der Waals surface area contributed by atoms with Crippen LogP contribution < -0.4 is 5.73 Å². The lowest BCUT2D eigenvalue weighted by Crippen LogP contribution is -2.41. The molecule has 1 aliphatic carbocycles. The van der Waals surface area contributed by atoms with E-state index in [1.54, 1.807) is 24.3 Å². The Kier molecular flexibility index (Phi) is 4.08. The monoisotopic (exact) mass is 265 g/mol. The second-order valence-corrected chi connectivity index (χ2v) is 5.94. The minimum atomic E-state index is -0.347. The summed E-state index contributed by atoms with van der Waals surface area (Å²) in [4.78, 5) is 12.6. The molecule has 0 unspecified atom stereocenters. The van der Waals surface area contributed by atoms with Gasteiger partial charge in [-0.3, -0.25) is 4.79 Å². The van der Waals surface area contributed by atoms with E-state index >= 15 is 0 Å². The van der Waals surface area contributed by atoms with Gasteiger partial charge in [-0.25, -0.2) is 0 Å². The molecule has 2 N–H and O–H groups in total. The van der Waals surface area contributed by atoms with Gasteiger partial charge < -0.3 is 5.73 Å². The van der Waals surface area contributed by atoms with Gasteiger partial charge in [-0.05, 0) is 55.9 Å². The first kappa shape index (κ1) is 13.6. The fourth-order valence-electron chi connectivity index (χ4n) is 2.75. The van der Waals surface area contributed by atoms with E-state index in [0.717, 1.165) is 31.2 Å². The summed E-state index contributed by atoms with van der Waals surface area (Å²) in [6, 6.07) is 7.15. The molecule has 0 atom stereocenters. The zero-order valence-electron chi connectivity index (χ0n) is 10.8. The van der Waals surface area contributed by atoms with Crippen LogP contribution in [0, 0.1) is 11.3 Å². The number of carbonyl (C=O) groups is 1. The zero-order chi connectivity index (χ0) is 13.2. The molecule has 0 heterocycles. The first-order chi connectivity index (χ1) is 8.57. The summed E-state index contributed by atoms with van der Waals surface area (Å²) in [5, 5.41) is 0.658. The molecular formula is C15H20ClNO. The van der Waals surface area contributed by atoms with Crippen LogP contribution >= 0.6 is 11.6 Å². The van der Waals surface area contributed by atoms with Crippen molar-refractivity contribution in [3.8, 4) is 0 Å². The van der Waals surface area contributed by atoms with Crippen LogP contribution in [-0.2, 0) is 0 Å². The second-order valence-electron chi connectivity index (χ2n) is 5.50. The molecule has 0 aliphatic heterocycles. The maximum atomic E-state index is 12.6. The highest BCUT2D eigenvalue weighted by atomic mass is 35.5. The van der Waals surface area contributed by atoms with Crippen molar-refractivity contribution in [2.45, 2.75) is 32.6 Å². The van der Waals surface area contributed by atoms with Gasteiger partial charge in [0.25, 0.3) is 0 Å². The molecular weight excluding hydrogens is 246 g/mol. The van der Waals surface area contributed by atoms with Crippen molar-refractivity contribution in [1.29, 1.82) is 0 Å². The fraction of sp³-hybridized carbons (Fsp3) is 0.533. The van der Waals surface area contributed by atoms with E-state index in [0.29, 0.717) is 17.5 Å². The van der Waals surface area contributed by atoms with Gasteiger partial charge in [-0.1, -0.05) is 18.5 Å². The number of carbonyl (C=O) groups excluding carboxylic acids is 1. The Morgan fingerprint density at radius 2 is 1.89 bits per heavy atom. The number of ketones is 1. The molecule has 1 aromatic carbocycles. The van der Waals surface area contributed by atoms with Crippen molar-refractivity contribution in [3.63, 3.8) is 0 Å². The van der Waals surface area contributed by atoms with Gasteiger partial charge in [0.2, 0.25) is 0 Å². The van der Waals surface area contributed by atoms with Crippen LogP contribution in [0.25, 0.3) is 0 Å². The van der Waals surface area contributed by atoms with Crippen LogP contribution in [0.15, 0.2) is 24.3 Å². The molecule has 0 spiro atoms. The van der Waals surface area contributed by atoms with E-state index in [2.05, 4.69) is 6.92 Å². The molecule has 1 aliphatic rings. The number of hydrogen-bond donors (Lipinski definition) is 1. The number of hydrogen-bond acceptors (Lipinski definition) is 2. The molecule has 1 fully saturated rings. The van der Waals surface area contributed by atoms with Crippen molar-refractivity contribution >= 4 is 17.4 Å². The normalized spacial score (nSPS) is 28.1. The predicted molar refractivity (Wildman–Crippen MR) is 74.9 cm³/mol. The van der Waals surface area contributed by atoms with Crippen LogP contribution in [0.1, 0.15) is 43.0 Å². The molecule has 0 bridgehead atoms. The largest absolute Gasteiger partial charge is 0.329 e. The highest BCUT2D eigenvalue weighted by Gasteiger charge is 2.39. The molecule has 0 aromatic heterocycles. The van der Waals surface area contributed by atoms with Crippen molar-refractivity contribution < 1.29 is 4.79 Å². The summed E-state index contributed by atoms with van der Waals surface area (Å²) in [6.45, 7) is 2.69. The molecule has 3 heteroatoms.